The smallest absolute Gasteiger partial charge is 0.462 e. The molecule has 0 aliphatic carbocycles. The maximum absolute atomic E-state index is 12.6. The van der Waals surface area contributed by atoms with E-state index in [1.54, 1.807) is 6.08 Å². The summed E-state index contributed by atoms with van der Waals surface area (Å²) < 4.78 is 32.8. The van der Waals surface area contributed by atoms with Gasteiger partial charge in [-0.1, -0.05) is 193 Å². The van der Waals surface area contributed by atoms with Gasteiger partial charge in [-0.25, -0.2) is 4.57 Å². The van der Waals surface area contributed by atoms with Crippen LogP contribution in [0.15, 0.2) is 24.3 Å². The molecule has 0 aliphatic heterocycles. The monoisotopic (exact) mass is 842 g/mol. The lowest BCUT2D eigenvalue weighted by atomic mass is 10.0. The van der Waals surface area contributed by atoms with Crippen LogP contribution in [0.5, 0.6) is 0 Å². The van der Waals surface area contributed by atoms with Crippen LogP contribution in [0.4, 0.5) is 0 Å². The first-order valence-corrected chi connectivity index (χ1v) is 25.3. The Balaban J connectivity index is 4.11. The maximum Gasteiger partial charge on any atom is 0.472 e. The quantitative estimate of drug-likeness (QED) is 0.0199. The summed E-state index contributed by atoms with van der Waals surface area (Å²) in [5, 5.41) is 0. The second-order valence-electron chi connectivity index (χ2n) is 16.0. The summed E-state index contributed by atoms with van der Waals surface area (Å²) in [6, 6.07) is 0. The third kappa shape index (κ3) is 42.3. The van der Waals surface area contributed by atoms with E-state index in [-0.39, 0.29) is 38.4 Å². The molecular weight excluding hydrogens is 753 g/mol. The van der Waals surface area contributed by atoms with E-state index in [0.29, 0.717) is 12.8 Å². The molecule has 0 spiro atoms. The number of allylic oxidation sites excluding steroid dienone is 4. The molecule has 0 saturated heterocycles. The average Bonchev–Trinajstić information content (AvgIpc) is 3.21. The normalized spacial score (nSPS) is 13.3. The Labute approximate surface area is 355 Å². The van der Waals surface area contributed by atoms with Gasteiger partial charge >= 0.3 is 19.8 Å². The van der Waals surface area contributed by atoms with Crippen molar-refractivity contribution in [3.63, 3.8) is 0 Å². The Kier molecular flexibility index (Phi) is 41.9. The molecule has 10 nitrogen and oxygen atoms in total. The van der Waals surface area contributed by atoms with Gasteiger partial charge in [0, 0.05) is 25.8 Å². The molecule has 0 aromatic rings. The molecular formula is C47H88NO9P. The maximum atomic E-state index is 12.6. The minimum absolute atomic E-state index is 0.0354. The number of hydrogen-bond acceptors (Lipinski definition) is 9. The molecule has 0 bridgehead atoms. The van der Waals surface area contributed by atoms with Crippen LogP contribution in [0.25, 0.3) is 0 Å². The number of ketones is 1. The fourth-order valence-electron chi connectivity index (χ4n) is 6.74. The van der Waals surface area contributed by atoms with Gasteiger partial charge in [0.2, 0.25) is 0 Å². The van der Waals surface area contributed by atoms with Crippen LogP contribution in [-0.4, -0.2) is 55.1 Å². The zero-order valence-corrected chi connectivity index (χ0v) is 38.2. The van der Waals surface area contributed by atoms with E-state index < -0.39 is 32.5 Å². The molecule has 0 aromatic heterocycles. The highest BCUT2D eigenvalue weighted by molar-refractivity contribution is 7.47. The molecule has 58 heavy (non-hydrogen) atoms. The van der Waals surface area contributed by atoms with Gasteiger partial charge in [0.25, 0.3) is 0 Å². The second kappa shape index (κ2) is 43.3. The minimum atomic E-state index is -4.41. The Hall–Kier alpha value is -1.84. The first-order valence-electron chi connectivity index (χ1n) is 23.8. The van der Waals surface area contributed by atoms with E-state index in [4.69, 9.17) is 24.3 Å². The van der Waals surface area contributed by atoms with Gasteiger partial charge in [-0.05, 0) is 38.2 Å². The Morgan fingerprint density at radius 2 is 0.983 bits per heavy atom. The predicted molar refractivity (Wildman–Crippen MR) is 239 cm³/mol. The third-order valence-corrected chi connectivity index (χ3v) is 11.3. The summed E-state index contributed by atoms with van der Waals surface area (Å²) >= 11 is 0. The number of esters is 2. The summed E-state index contributed by atoms with van der Waals surface area (Å²) in [4.78, 5) is 47.0. The number of carbonyl (C=O) groups is 3. The van der Waals surface area contributed by atoms with Crippen LogP contribution in [0, 0.1) is 0 Å². The fourth-order valence-corrected chi connectivity index (χ4v) is 7.50. The van der Waals surface area contributed by atoms with Crippen molar-refractivity contribution in [2.45, 2.75) is 232 Å². The van der Waals surface area contributed by atoms with Crippen molar-refractivity contribution >= 4 is 25.5 Å². The van der Waals surface area contributed by atoms with Crippen LogP contribution in [0.1, 0.15) is 226 Å². The van der Waals surface area contributed by atoms with Gasteiger partial charge in [-0.3, -0.25) is 23.4 Å². The predicted octanol–water partition coefficient (Wildman–Crippen LogP) is 13.1. The summed E-state index contributed by atoms with van der Waals surface area (Å²) in [5.41, 5.74) is 5.35. The van der Waals surface area contributed by atoms with Gasteiger partial charge in [-0.2, -0.15) is 0 Å². The summed E-state index contributed by atoms with van der Waals surface area (Å²) in [7, 11) is -4.41. The molecule has 0 heterocycles. The van der Waals surface area contributed by atoms with Crippen LogP contribution in [-0.2, 0) is 37.5 Å². The van der Waals surface area contributed by atoms with E-state index in [0.717, 1.165) is 51.4 Å². The van der Waals surface area contributed by atoms with Gasteiger partial charge < -0.3 is 20.1 Å². The lowest BCUT2D eigenvalue weighted by molar-refractivity contribution is -0.161. The highest BCUT2D eigenvalue weighted by atomic mass is 31.2. The number of carbonyl (C=O) groups excluding carboxylic acids is 3. The van der Waals surface area contributed by atoms with Gasteiger partial charge in [0.15, 0.2) is 11.9 Å². The largest absolute Gasteiger partial charge is 0.472 e. The summed E-state index contributed by atoms with van der Waals surface area (Å²) in [6.45, 7) is 3.57. The van der Waals surface area contributed by atoms with Crippen molar-refractivity contribution in [2.24, 2.45) is 5.73 Å². The Bertz CT molecular complexity index is 1070. The molecule has 0 amide bonds. The van der Waals surface area contributed by atoms with Crippen molar-refractivity contribution in [3.8, 4) is 0 Å². The van der Waals surface area contributed by atoms with Crippen LogP contribution in [0.3, 0.4) is 0 Å². The molecule has 0 fully saturated rings. The summed E-state index contributed by atoms with van der Waals surface area (Å²) in [6.07, 6.45) is 43.2. The number of phosphoric ester groups is 1. The highest BCUT2D eigenvalue weighted by Gasteiger charge is 2.26. The lowest BCUT2D eigenvalue weighted by Gasteiger charge is -2.19. The molecule has 2 atom stereocenters. The number of phosphoric acid groups is 1. The fraction of sp³-hybridized carbons (Fsp3) is 0.851. The highest BCUT2D eigenvalue weighted by Crippen LogP contribution is 2.43. The number of hydrogen-bond donors (Lipinski definition) is 2. The SMILES string of the molecule is CCCCC/C=C\C=C\C(=O)CCCCCCCC(=O)O[C@H](COC(=O)CCCCCCCCCCCCCCCCCCCCCCC)COP(=O)(O)OCCN. The number of rotatable bonds is 45. The van der Waals surface area contributed by atoms with E-state index in [2.05, 4.69) is 19.9 Å². The zero-order chi connectivity index (χ0) is 42.6. The van der Waals surface area contributed by atoms with Gasteiger partial charge in [0.05, 0.1) is 13.2 Å². The molecule has 3 N–H and O–H groups in total. The first-order chi connectivity index (χ1) is 28.2. The molecule has 0 rings (SSSR count). The van der Waals surface area contributed by atoms with Crippen molar-refractivity contribution < 1.29 is 42.4 Å². The molecule has 0 aromatic carbocycles. The standard InChI is InChI=1S/C47H88NO9P/c1-3-5-7-9-11-12-13-14-15-16-17-18-19-20-21-22-23-24-26-30-34-38-46(50)54-42-45(43-56-58(52,53)55-41-40-48)57-47(51)39-35-31-27-29-33-37-44(49)36-32-28-25-10-8-6-4-2/h25,28,32,36,45H,3-24,26-27,29-31,33-35,37-43,48H2,1-2H3,(H,52,53)/b28-25-,36-32+/t45-/m1/s1. The van der Waals surface area contributed by atoms with Crippen molar-refractivity contribution in [1.29, 1.82) is 0 Å². The van der Waals surface area contributed by atoms with Crippen LogP contribution < -0.4 is 5.73 Å². The molecule has 0 radical (unpaired) electrons. The molecule has 0 saturated carbocycles. The van der Waals surface area contributed by atoms with Gasteiger partial charge in [0.1, 0.15) is 6.61 Å². The second-order valence-corrected chi connectivity index (χ2v) is 17.5. The minimum Gasteiger partial charge on any atom is -0.462 e. The number of unbranched alkanes of at least 4 members (excludes halogenated alkanes) is 27. The average molecular weight is 842 g/mol. The topological polar surface area (TPSA) is 151 Å². The van der Waals surface area contributed by atoms with Crippen molar-refractivity contribution in [3.05, 3.63) is 24.3 Å². The Morgan fingerprint density at radius 3 is 1.47 bits per heavy atom. The van der Waals surface area contributed by atoms with E-state index in [1.807, 2.05) is 12.2 Å². The molecule has 11 heteroatoms. The molecule has 1 unspecified atom stereocenters. The van der Waals surface area contributed by atoms with Crippen molar-refractivity contribution in [2.75, 3.05) is 26.4 Å². The zero-order valence-electron chi connectivity index (χ0n) is 37.3. The van der Waals surface area contributed by atoms with E-state index >= 15 is 0 Å². The van der Waals surface area contributed by atoms with Crippen LogP contribution >= 0.6 is 7.82 Å². The van der Waals surface area contributed by atoms with Crippen molar-refractivity contribution in [1.82, 2.24) is 0 Å². The Morgan fingerprint density at radius 1 is 0.552 bits per heavy atom. The molecule has 0 aliphatic rings. The van der Waals surface area contributed by atoms with E-state index in [9.17, 15) is 23.8 Å². The third-order valence-electron chi connectivity index (χ3n) is 10.3. The lowest BCUT2D eigenvalue weighted by Crippen LogP contribution is -2.29. The van der Waals surface area contributed by atoms with E-state index in [1.165, 1.54) is 135 Å². The number of nitrogens with two attached hydrogens (primary N) is 1. The van der Waals surface area contributed by atoms with Crippen LogP contribution in [0.2, 0.25) is 0 Å². The summed E-state index contributed by atoms with van der Waals surface area (Å²) in [5.74, 6) is -0.793. The number of ether oxygens (including phenoxy) is 2. The molecule has 340 valence electrons. The first kappa shape index (κ1) is 56.2. The van der Waals surface area contributed by atoms with Gasteiger partial charge in [-0.15, -0.1) is 0 Å².